The first-order valence-corrected chi connectivity index (χ1v) is 10.8. The molecule has 0 saturated heterocycles. The molecular formula is C23H22ClN3S. The molecule has 0 amide bonds. The van der Waals surface area contributed by atoms with Crippen molar-refractivity contribution in [3.63, 3.8) is 0 Å². The van der Waals surface area contributed by atoms with E-state index < -0.39 is 0 Å². The minimum absolute atomic E-state index is 0.700. The van der Waals surface area contributed by atoms with Gasteiger partial charge < -0.3 is 0 Å². The Hall–Kier alpha value is -2.30. The van der Waals surface area contributed by atoms with Gasteiger partial charge >= 0.3 is 0 Å². The summed E-state index contributed by atoms with van der Waals surface area (Å²) in [7, 11) is 0. The molecule has 142 valence electrons. The van der Waals surface area contributed by atoms with Gasteiger partial charge in [-0.2, -0.15) is 0 Å². The van der Waals surface area contributed by atoms with Crippen molar-refractivity contribution in [1.82, 2.24) is 14.4 Å². The average molecular weight is 408 g/mol. The highest BCUT2D eigenvalue weighted by atomic mass is 35.5. The molecule has 5 heteroatoms. The Labute approximate surface area is 174 Å². The molecule has 0 spiro atoms. The molecule has 3 nitrogen and oxygen atoms in total. The van der Waals surface area contributed by atoms with Crippen LogP contribution in [0.5, 0.6) is 0 Å². The largest absolute Gasteiger partial charge is 0.283 e. The van der Waals surface area contributed by atoms with Crippen LogP contribution in [-0.4, -0.2) is 20.1 Å². The number of imidazole rings is 1. The van der Waals surface area contributed by atoms with E-state index in [0.717, 1.165) is 50.3 Å². The maximum Gasteiger partial charge on any atom is 0.235 e. The molecule has 4 rings (SSSR count). The third kappa shape index (κ3) is 3.67. The highest BCUT2D eigenvalue weighted by Gasteiger charge is 2.18. The van der Waals surface area contributed by atoms with E-state index in [4.69, 9.17) is 16.6 Å². The minimum atomic E-state index is 0.700. The zero-order valence-corrected chi connectivity index (χ0v) is 17.8. The molecule has 0 aliphatic heterocycles. The Morgan fingerprint density at radius 1 is 0.964 bits per heavy atom. The third-order valence-electron chi connectivity index (χ3n) is 4.63. The van der Waals surface area contributed by atoms with Crippen LogP contribution in [0.1, 0.15) is 24.6 Å². The van der Waals surface area contributed by atoms with Crippen LogP contribution < -0.4 is 0 Å². The van der Waals surface area contributed by atoms with E-state index >= 15 is 0 Å². The number of hydrogen-bond donors (Lipinski definition) is 0. The number of nitrogens with zero attached hydrogens (tertiary/aromatic N) is 3. The van der Waals surface area contributed by atoms with E-state index in [1.165, 1.54) is 5.56 Å². The SMILES string of the molecule is CCCSc1ccc(-c2c(-c3ccc(C)cc3)nc3nc(C)ccn23)cc1Cl. The van der Waals surface area contributed by atoms with E-state index in [2.05, 4.69) is 55.2 Å². The standard InChI is InChI=1S/C23H22ClN3S/c1-4-13-28-20-10-9-18(14-19(20)24)22-21(17-7-5-15(2)6-8-17)26-23-25-16(3)11-12-27(22)23/h5-12,14H,4,13H2,1-3H3. The molecule has 0 radical (unpaired) electrons. The first kappa shape index (κ1) is 19.0. The fourth-order valence-corrected chi connectivity index (χ4v) is 4.31. The van der Waals surface area contributed by atoms with Gasteiger partial charge in [0, 0.05) is 27.9 Å². The number of fused-ring (bicyclic) bond motifs is 1. The number of hydrogen-bond acceptors (Lipinski definition) is 3. The van der Waals surface area contributed by atoms with Crippen LogP contribution in [0.3, 0.4) is 0 Å². The topological polar surface area (TPSA) is 30.2 Å². The first-order chi connectivity index (χ1) is 13.6. The van der Waals surface area contributed by atoms with Crippen LogP contribution in [0, 0.1) is 13.8 Å². The van der Waals surface area contributed by atoms with E-state index in [1.54, 1.807) is 11.8 Å². The lowest BCUT2D eigenvalue weighted by atomic mass is 10.0. The number of thioether (sulfide) groups is 1. The van der Waals surface area contributed by atoms with Crippen molar-refractivity contribution in [3.8, 4) is 22.5 Å². The van der Waals surface area contributed by atoms with E-state index in [-0.39, 0.29) is 0 Å². The normalized spacial score (nSPS) is 11.3. The molecule has 28 heavy (non-hydrogen) atoms. The number of aromatic nitrogens is 3. The van der Waals surface area contributed by atoms with Crippen LogP contribution in [0.2, 0.25) is 5.02 Å². The molecule has 0 aliphatic rings. The molecule has 0 unspecified atom stereocenters. The van der Waals surface area contributed by atoms with Gasteiger partial charge in [-0.3, -0.25) is 4.40 Å². The molecule has 4 aromatic rings. The number of benzene rings is 2. The molecule has 0 saturated carbocycles. The number of rotatable bonds is 5. The van der Waals surface area contributed by atoms with Crippen molar-refractivity contribution >= 4 is 29.1 Å². The number of aryl methyl sites for hydroxylation is 2. The second kappa shape index (κ2) is 7.98. The zero-order valence-electron chi connectivity index (χ0n) is 16.2. The Kier molecular flexibility index (Phi) is 5.42. The van der Waals surface area contributed by atoms with Crippen LogP contribution in [-0.2, 0) is 0 Å². The molecule has 2 heterocycles. The van der Waals surface area contributed by atoms with Gasteiger partial charge in [0.1, 0.15) is 0 Å². The highest BCUT2D eigenvalue weighted by Crippen LogP contribution is 2.36. The molecule has 0 fully saturated rings. The Bertz CT molecular complexity index is 1130. The van der Waals surface area contributed by atoms with Gasteiger partial charge in [0.25, 0.3) is 0 Å². The van der Waals surface area contributed by atoms with Crippen molar-refractivity contribution in [2.24, 2.45) is 0 Å². The molecule has 0 N–H and O–H groups in total. The van der Waals surface area contributed by atoms with Gasteiger partial charge in [-0.15, -0.1) is 11.8 Å². The molecule has 0 aliphatic carbocycles. The summed E-state index contributed by atoms with van der Waals surface area (Å²) >= 11 is 8.41. The smallest absolute Gasteiger partial charge is 0.235 e. The summed E-state index contributed by atoms with van der Waals surface area (Å²) in [4.78, 5) is 10.6. The monoisotopic (exact) mass is 407 g/mol. The van der Waals surface area contributed by atoms with Gasteiger partial charge in [0.15, 0.2) is 0 Å². The van der Waals surface area contributed by atoms with Crippen molar-refractivity contribution in [2.75, 3.05) is 5.75 Å². The lowest BCUT2D eigenvalue weighted by Crippen LogP contribution is -1.93. The van der Waals surface area contributed by atoms with Crippen LogP contribution >= 0.6 is 23.4 Å². The third-order valence-corrected chi connectivity index (χ3v) is 6.33. The maximum atomic E-state index is 6.61. The first-order valence-electron chi connectivity index (χ1n) is 9.42. The van der Waals surface area contributed by atoms with Crippen LogP contribution in [0.15, 0.2) is 59.6 Å². The summed E-state index contributed by atoms with van der Waals surface area (Å²) in [6, 6.07) is 16.7. The van der Waals surface area contributed by atoms with E-state index in [9.17, 15) is 0 Å². The zero-order chi connectivity index (χ0) is 19.7. The summed E-state index contributed by atoms with van der Waals surface area (Å²) < 4.78 is 2.05. The van der Waals surface area contributed by atoms with Gasteiger partial charge in [0.05, 0.1) is 16.4 Å². The minimum Gasteiger partial charge on any atom is -0.283 e. The summed E-state index contributed by atoms with van der Waals surface area (Å²) in [6.45, 7) is 6.25. The molecule has 0 atom stereocenters. The lowest BCUT2D eigenvalue weighted by molar-refractivity contribution is 1.07. The second-order valence-corrected chi connectivity index (χ2v) is 8.45. The van der Waals surface area contributed by atoms with Crippen molar-refractivity contribution in [2.45, 2.75) is 32.1 Å². The lowest BCUT2D eigenvalue weighted by Gasteiger charge is -2.09. The van der Waals surface area contributed by atoms with Gasteiger partial charge in [0.2, 0.25) is 5.78 Å². The number of halogens is 1. The van der Waals surface area contributed by atoms with Crippen LogP contribution in [0.4, 0.5) is 0 Å². The van der Waals surface area contributed by atoms with E-state index in [0.29, 0.717) is 5.78 Å². The average Bonchev–Trinajstić information content (AvgIpc) is 3.06. The summed E-state index contributed by atoms with van der Waals surface area (Å²) in [5, 5.41) is 0.779. The summed E-state index contributed by atoms with van der Waals surface area (Å²) in [5.41, 5.74) is 6.22. The Morgan fingerprint density at radius 3 is 2.43 bits per heavy atom. The predicted molar refractivity (Wildman–Crippen MR) is 119 cm³/mol. The fraction of sp³-hybridized carbons (Fsp3) is 0.217. The summed E-state index contributed by atoms with van der Waals surface area (Å²) in [5.74, 6) is 1.76. The summed E-state index contributed by atoms with van der Waals surface area (Å²) in [6.07, 6.45) is 3.16. The molecule has 2 aromatic heterocycles. The maximum absolute atomic E-state index is 6.61. The van der Waals surface area contributed by atoms with Gasteiger partial charge in [-0.05, 0) is 44.2 Å². The van der Waals surface area contributed by atoms with Crippen molar-refractivity contribution < 1.29 is 0 Å². The molecular weight excluding hydrogens is 386 g/mol. The predicted octanol–water partition coefficient (Wildman–Crippen LogP) is 6.84. The van der Waals surface area contributed by atoms with Gasteiger partial charge in [-0.1, -0.05) is 54.4 Å². The van der Waals surface area contributed by atoms with Gasteiger partial charge in [-0.25, -0.2) is 9.97 Å². The molecule has 0 bridgehead atoms. The Morgan fingerprint density at radius 2 is 1.71 bits per heavy atom. The van der Waals surface area contributed by atoms with Crippen LogP contribution in [0.25, 0.3) is 28.3 Å². The quantitative estimate of drug-likeness (QED) is 0.339. The second-order valence-electron chi connectivity index (χ2n) is 6.91. The fourth-order valence-electron chi connectivity index (χ4n) is 3.18. The highest BCUT2D eigenvalue weighted by molar-refractivity contribution is 7.99. The van der Waals surface area contributed by atoms with E-state index in [1.807, 2.05) is 29.7 Å². The van der Waals surface area contributed by atoms with Crippen molar-refractivity contribution in [3.05, 3.63) is 71.0 Å². The van der Waals surface area contributed by atoms with Crippen molar-refractivity contribution in [1.29, 1.82) is 0 Å². The Balaban J connectivity index is 1.91. The molecule has 2 aromatic carbocycles.